The van der Waals surface area contributed by atoms with Crippen LogP contribution < -0.4 is 10.1 Å². The van der Waals surface area contributed by atoms with Crippen LogP contribution in [-0.4, -0.2) is 32.5 Å². The Bertz CT molecular complexity index is 715. The van der Waals surface area contributed by atoms with E-state index in [0.29, 0.717) is 0 Å². The van der Waals surface area contributed by atoms with Crippen LogP contribution in [0.2, 0.25) is 5.15 Å². The van der Waals surface area contributed by atoms with Crippen LogP contribution in [0.5, 0.6) is 5.88 Å². The zero-order valence-corrected chi connectivity index (χ0v) is 11.8. The number of hydrogen-bond acceptors (Lipinski definition) is 6. The van der Waals surface area contributed by atoms with Crippen molar-refractivity contribution in [1.29, 1.82) is 0 Å². The molecule has 0 aliphatic heterocycles. The molecule has 0 bridgehead atoms. The first-order chi connectivity index (χ1) is 9.92. The highest BCUT2D eigenvalue weighted by molar-refractivity contribution is 6.29. The standard InChI is InChI=1S/C11H10ClN5O4/c1-16-6(3-4-9(16)17(19)20)10(18)15-11-13-7(12)5-8(14-11)21-2/h3-5H,1-2H3,(H,13,14,15,18). The minimum Gasteiger partial charge on any atom is -0.481 e. The predicted octanol–water partition coefficient (Wildman–Crippen LogP) is 1.64. The maximum absolute atomic E-state index is 12.1. The second-order valence-electron chi connectivity index (χ2n) is 3.90. The summed E-state index contributed by atoms with van der Waals surface area (Å²) in [7, 11) is 2.80. The second-order valence-corrected chi connectivity index (χ2v) is 4.29. The number of rotatable bonds is 4. The Hall–Kier alpha value is -2.68. The number of nitro groups is 1. The molecule has 0 atom stereocenters. The van der Waals surface area contributed by atoms with Gasteiger partial charge in [0.15, 0.2) is 5.69 Å². The van der Waals surface area contributed by atoms with E-state index in [-0.39, 0.29) is 28.5 Å². The molecule has 0 unspecified atom stereocenters. The molecule has 0 aliphatic rings. The molecule has 0 saturated carbocycles. The highest BCUT2D eigenvalue weighted by Crippen LogP contribution is 2.18. The van der Waals surface area contributed by atoms with E-state index in [4.69, 9.17) is 16.3 Å². The molecule has 110 valence electrons. The predicted molar refractivity (Wildman–Crippen MR) is 73.6 cm³/mol. The van der Waals surface area contributed by atoms with Gasteiger partial charge in [0, 0.05) is 12.1 Å². The number of nitrogens with zero attached hydrogens (tertiary/aromatic N) is 4. The summed E-state index contributed by atoms with van der Waals surface area (Å²) in [6.07, 6.45) is 0. The SMILES string of the molecule is COc1cc(Cl)nc(NC(=O)c2ccc([N+](=O)[O-])n2C)n1. The van der Waals surface area contributed by atoms with Crippen molar-refractivity contribution in [1.82, 2.24) is 14.5 Å². The van der Waals surface area contributed by atoms with Crippen molar-refractivity contribution in [3.05, 3.63) is 39.2 Å². The third kappa shape index (κ3) is 3.08. The molecule has 0 spiro atoms. The van der Waals surface area contributed by atoms with Crippen molar-refractivity contribution in [3.63, 3.8) is 0 Å². The average molecular weight is 312 g/mol. The van der Waals surface area contributed by atoms with Crippen LogP contribution in [0.25, 0.3) is 0 Å². The van der Waals surface area contributed by atoms with Crippen molar-refractivity contribution < 1.29 is 14.5 Å². The van der Waals surface area contributed by atoms with E-state index in [1.54, 1.807) is 0 Å². The summed E-state index contributed by atoms with van der Waals surface area (Å²) in [4.78, 5) is 29.9. The van der Waals surface area contributed by atoms with Crippen molar-refractivity contribution in [3.8, 4) is 5.88 Å². The van der Waals surface area contributed by atoms with Gasteiger partial charge in [0.25, 0.3) is 5.91 Å². The van der Waals surface area contributed by atoms with E-state index >= 15 is 0 Å². The van der Waals surface area contributed by atoms with Gasteiger partial charge in [0.1, 0.15) is 5.15 Å². The van der Waals surface area contributed by atoms with E-state index in [1.165, 1.54) is 32.4 Å². The Balaban J connectivity index is 2.26. The zero-order chi connectivity index (χ0) is 15.6. The zero-order valence-electron chi connectivity index (χ0n) is 11.0. The number of hydrogen-bond donors (Lipinski definition) is 1. The Morgan fingerprint density at radius 3 is 2.76 bits per heavy atom. The number of nitrogens with one attached hydrogen (secondary N) is 1. The monoisotopic (exact) mass is 311 g/mol. The molecule has 0 saturated heterocycles. The maximum Gasteiger partial charge on any atom is 0.323 e. The molecule has 21 heavy (non-hydrogen) atoms. The first kappa shape index (κ1) is 14.7. The highest BCUT2D eigenvalue weighted by Gasteiger charge is 2.21. The lowest BCUT2D eigenvalue weighted by atomic mass is 10.4. The summed E-state index contributed by atoms with van der Waals surface area (Å²) in [5, 5.41) is 13.2. The number of carbonyl (C=O) groups excluding carboxylic acids is 1. The number of ether oxygens (including phenoxy) is 1. The molecule has 2 heterocycles. The molecule has 2 aromatic rings. The van der Waals surface area contributed by atoms with E-state index < -0.39 is 10.8 Å². The van der Waals surface area contributed by atoms with E-state index in [9.17, 15) is 14.9 Å². The fraction of sp³-hybridized carbons (Fsp3) is 0.182. The number of aromatic nitrogens is 3. The Kier molecular flexibility index (Phi) is 4.03. The summed E-state index contributed by atoms with van der Waals surface area (Å²) < 4.78 is 6.05. The molecule has 2 rings (SSSR count). The Labute approximate surface area is 123 Å². The molecule has 0 aromatic carbocycles. The van der Waals surface area contributed by atoms with Gasteiger partial charge in [-0.2, -0.15) is 4.98 Å². The van der Waals surface area contributed by atoms with Gasteiger partial charge in [0.05, 0.1) is 14.2 Å². The summed E-state index contributed by atoms with van der Waals surface area (Å²) >= 11 is 5.76. The Morgan fingerprint density at radius 2 is 2.19 bits per heavy atom. The number of methoxy groups -OCH3 is 1. The quantitative estimate of drug-likeness (QED) is 0.522. The molecule has 0 radical (unpaired) electrons. The van der Waals surface area contributed by atoms with Crippen molar-refractivity contribution in [2.45, 2.75) is 0 Å². The fourth-order valence-electron chi connectivity index (χ4n) is 1.63. The van der Waals surface area contributed by atoms with Gasteiger partial charge in [0.2, 0.25) is 11.8 Å². The van der Waals surface area contributed by atoms with Crippen LogP contribution in [0.1, 0.15) is 10.5 Å². The summed E-state index contributed by atoms with van der Waals surface area (Å²) in [6, 6.07) is 3.94. The van der Waals surface area contributed by atoms with Gasteiger partial charge in [-0.3, -0.25) is 10.1 Å². The summed E-state index contributed by atoms with van der Waals surface area (Å²) in [5.74, 6) is -0.684. The lowest BCUT2D eigenvalue weighted by Crippen LogP contribution is -2.18. The second kappa shape index (κ2) is 5.75. The van der Waals surface area contributed by atoms with Crippen LogP contribution in [0, 0.1) is 10.1 Å². The molecule has 2 aromatic heterocycles. The molecule has 9 nitrogen and oxygen atoms in total. The molecular weight excluding hydrogens is 302 g/mol. The van der Waals surface area contributed by atoms with Gasteiger partial charge >= 0.3 is 5.82 Å². The fourth-order valence-corrected chi connectivity index (χ4v) is 1.81. The molecule has 10 heteroatoms. The first-order valence-electron chi connectivity index (χ1n) is 5.62. The molecule has 1 N–H and O–H groups in total. The number of halogens is 1. The van der Waals surface area contributed by atoms with Gasteiger partial charge in [-0.15, -0.1) is 0 Å². The first-order valence-corrected chi connectivity index (χ1v) is 6.00. The van der Waals surface area contributed by atoms with Gasteiger partial charge < -0.3 is 14.9 Å². The van der Waals surface area contributed by atoms with Crippen LogP contribution in [-0.2, 0) is 7.05 Å². The van der Waals surface area contributed by atoms with Crippen molar-refractivity contribution in [2.24, 2.45) is 7.05 Å². The number of carbonyl (C=O) groups is 1. The molecule has 0 aliphatic carbocycles. The van der Waals surface area contributed by atoms with Gasteiger partial charge in [-0.05, 0) is 11.0 Å². The number of anilines is 1. The minimum atomic E-state index is -0.602. The lowest BCUT2D eigenvalue weighted by Gasteiger charge is -2.05. The minimum absolute atomic E-state index is 0.0618. The van der Waals surface area contributed by atoms with E-state index in [1.807, 2.05) is 0 Å². The largest absolute Gasteiger partial charge is 0.481 e. The topological polar surface area (TPSA) is 112 Å². The van der Waals surface area contributed by atoms with Crippen LogP contribution >= 0.6 is 11.6 Å². The molecule has 0 fully saturated rings. The van der Waals surface area contributed by atoms with Gasteiger partial charge in [-0.1, -0.05) is 11.6 Å². The maximum atomic E-state index is 12.1. The summed E-state index contributed by atoms with van der Waals surface area (Å²) in [6.45, 7) is 0. The number of amides is 1. The third-order valence-electron chi connectivity index (χ3n) is 2.62. The molecular formula is C11H10ClN5O4. The van der Waals surface area contributed by atoms with E-state index in [2.05, 4.69) is 15.3 Å². The van der Waals surface area contributed by atoms with Gasteiger partial charge in [-0.25, -0.2) is 9.55 Å². The van der Waals surface area contributed by atoms with Crippen LogP contribution in [0.3, 0.4) is 0 Å². The normalized spacial score (nSPS) is 10.2. The lowest BCUT2D eigenvalue weighted by molar-refractivity contribution is -0.391. The van der Waals surface area contributed by atoms with Crippen molar-refractivity contribution in [2.75, 3.05) is 12.4 Å². The average Bonchev–Trinajstić information content (AvgIpc) is 2.80. The Morgan fingerprint density at radius 1 is 1.48 bits per heavy atom. The summed E-state index contributed by atoms with van der Waals surface area (Å²) in [5.41, 5.74) is 0.0873. The molecule has 1 amide bonds. The van der Waals surface area contributed by atoms with Crippen LogP contribution in [0.4, 0.5) is 11.8 Å². The van der Waals surface area contributed by atoms with Crippen molar-refractivity contribution >= 4 is 29.3 Å². The van der Waals surface area contributed by atoms with Crippen LogP contribution in [0.15, 0.2) is 18.2 Å². The highest BCUT2D eigenvalue weighted by atomic mass is 35.5. The smallest absolute Gasteiger partial charge is 0.323 e. The van der Waals surface area contributed by atoms with E-state index in [0.717, 1.165) is 4.57 Å². The third-order valence-corrected chi connectivity index (χ3v) is 2.81.